The summed E-state index contributed by atoms with van der Waals surface area (Å²) in [7, 11) is 0. The van der Waals surface area contributed by atoms with Gasteiger partial charge in [0.1, 0.15) is 13.2 Å². The van der Waals surface area contributed by atoms with Gasteiger partial charge in [0.15, 0.2) is 6.10 Å². The van der Waals surface area contributed by atoms with E-state index in [0.29, 0.717) is 19.3 Å². The summed E-state index contributed by atoms with van der Waals surface area (Å²) in [6.07, 6.45) is 95.7. The Morgan fingerprint density at radius 1 is 0.256 bits per heavy atom. The fourth-order valence-corrected chi connectivity index (χ4v) is 9.86. The molecule has 0 N–H and O–H groups in total. The highest BCUT2D eigenvalue weighted by molar-refractivity contribution is 5.71. The topological polar surface area (TPSA) is 78.9 Å². The third-order valence-electron chi connectivity index (χ3n) is 15.0. The third kappa shape index (κ3) is 66.9. The van der Waals surface area contributed by atoms with Crippen LogP contribution in [0.1, 0.15) is 335 Å². The molecule has 6 nitrogen and oxygen atoms in total. The van der Waals surface area contributed by atoms with E-state index >= 15 is 0 Å². The summed E-state index contributed by atoms with van der Waals surface area (Å²) in [5.74, 6) is -0.946. The van der Waals surface area contributed by atoms with Gasteiger partial charge in [0.25, 0.3) is 0 Å². The molecule has 1 atom stereocenters. The van der Waals surface area contributed by atoms with Crippen molar-refractivity contribution in [1.29, 1.82) is 0 Å². The highest BCUT2D eigenvalue weighted by Crippen LogP contribution is 2.18. The van der Waals surface area contributed by atoms with Crippen LogP contribution in [0, 0.1) is 0 Å². The molecule has 0 aliphatic rings. The van der Waals surface area contributed by atoms with Crippen LogP contribution in [-0.2, 0) is 28.6 Å². The van der Waals surface area contributed by atoms with E-state index in [-0.39, 0.29) is 37.5 Å². The Labute approximate surface area is 508 Å². The Morgan fingerprint density at radius 3 is 0.744 bits per heavy atom. The number of unbranched alkanes of at least 4 members (excludes halogenated alkanes) is 34. The van der Waals surface area contributed by atoms with Crippen molar-refractivity contribution in [3.8, 4) is 0 Å². The van der Waals surface area contributed by atoms with Crippen molar-refractivity contribution in [2.45, 2.75) is 341 Å². The number of allylic oxidation sites excluding steroid dienone is 18. The Hall–Kier alpha value is -3.93. The van der Waals surface area contributed by atoms with E-state index in [9.17, 15) is 14.4 Å². The summed E-state index contributed by atoms with van der Waals surface area (Å²) in [4.78, 5) is 38.2. The second kappa shape index (κ2) is 69.6. The number of rotatable bonds is 63. The molecular formula is C76H130O6. The number of carbonyl (C=O) groups is 3. The molecule has 0 spiro atoms. The van der Waals surface area contributed by atoms with Crippen LogP contribution in [-0.4, -0.2) is 37.2 Å². The molecule has 0 aromatic rings. The second-order valence-corrected chi connectivity index (χ2v) is 23.1. The van der Waals surface area contributed by atoms with Gasteiger partial charge in [0, 0.05) is 19.3 Å². The van der Waals surface area contributed by atoms with Crippen LogP contribution >= 0.6 is 0 Å². The van der Waals surface area contributed by atoms with Crippen molar-refractivity contribution in [2.24, 2.45) is 0 Å². The summed E-state index contributed by atoms with van der Waals surface area (Å²) >= 11 is 0. The van der Waals surface area contributed by atoms with Crippen LogP contribution in [0.2, 0.25) is 0 Å². The fourth-order valence-electron chi connectivity index (χ4n) is 9.86. The van der Waals surface area contributed by atoms with Crippen LogP contribution < -0.4 is 0 Å². The normalized spacial score (nSPS) is 12.8. The molecule has 0 aliphatic heterocycles. The molecule has 0 amide bonds. The molecule has 0 aliphatic carbocycles. The molecule has 0 radical (unpaired) electrons. The SMILES string of the molecule is CC/C=C\C/C=C\C/C=C\C/C=C\C/C=C\C/C=C\C/C=C\C/C=C\C/C=C\CCCC(=O)OCC(COC(=O)CCCCCCCCCCC)OC(=O)CCCCCCCCCCCCCCCCCCCCCCCCCCCC. The van der Waals surface area contributed by atoms with Crippen LogP contribution in [0.3, 0.4) is 0 Å². The smallest absolute Gasteiger partial charge is 0.306 e. The second-order valence-electron chi connectivity index (χ2n) is 23.1. The van der Waals surface area contributed by atoms with Gasteiger partial charge >= 0.3 is 17.9 Å². The quantitative estimate of drug-likeness (QED) is 0.0261. The van der Waals surface area contributed by atoms with Crippen molar-refractivity contribution in [3.63, 3.8) is 0 Å². The van der Waals surface area contributed by atoms with Gasteiger partial charge in [0.05, 0.1) is 0 Å². The first-order valence-corrected chi connectivity index (χ1v) is 34.9. The molecular weight excluding hydrogens is 1010 g/mol. The van der Waals surface area contributed by atoms with Gasteiger partial charge in [-0.15, -0.1) is 0 Å². The maximum absolute atomic E-state index is 12.9. The fraction of sp³-hybridized carbons (Fsp3) is 0.724. The van der Waals surface area contributed by atoms with Gasteiger partial charge in [-0.3, -0.25) is 14.4 Å². The minimum absolute atomic E-state index is 0.0929. The summed E-state index contributed by atoms with van der Waals surface area (Å²) in [6, 6.07) is 0. The maximum Gasteiger partial charge on any atom is 0.306 e. The van der Waals surface area contributed by atoms with E-state index in [0.717, 1.165) is 103 Å². The van der Waals surface area contributed by atoms with E-state index < -0.39 is 6.10 Å². The first-order valence-electron chi connectivity index (χ1n) is 34.9. The van der Waals surface area contributed by atoms with Gasteiger partial charge < -0.3 is 14.2 Å². The van der Waals surface area contributed by atoms with E-state index in [1.54, 1.807) is 0 Å². The predicted octanol–water partition coefficient (Wildman–Crippen LogP) is 24.2. The molecule has 0 aromatic heterocycles. The van der Waals surface area contributed by atoms with Crippen LogP contribution in [0.4, 0.5) is 0 Å². The molecule has 0 saturated heterocycles. The van der Waals surface area contributed by atoms with Crippen molar-refractivity contribution in [3.05, 3.63) is 109 Å². The number of carbonyl (C=O) groups excluding carboxylic acids is 3. The van der Waals surface area contributed by atoms with Gasteiger partial charge in [-0.05, 0) is 83.5 Å². The third-order valence-corrected chi connectivity index (χ3v) is 15.0. The minimum atomic E-state index is -0.800. The zero-order chi connectivity index (χ0) is 59.2. The lowest BCUT2D eigenvalue weighted by atomic mass is 10.0. The Balaban J connectivity index is 4.27. The molecule has 0 bridgehead atoms. The first-order chi connectivity index (χ1) is 40.5. The Bertz CT molecular complexity index is 1640. The van der Waals surface area contributed by atoms with Gasteiger partial charge in [-0.1, -0.05) is 342 Å². The number of esters is 3. The lowest BCUT2D eigenvalue weighted by Gasteiger charge is -2.18. The average molecular weight is 1140 g/mol. The molecule has 0 saturated carbocycles. The lowest BCUT2D eigenvalue weighted by molar-refractivity contribution is -0.167. The number of hydrogen-bond acceptors (Lipinski definition) is 6. The first kappa shape index (κ1) is 78.1. The summed E-state index contributed by atoms with van der Waals surface area (Å²) in [5, 5.41) is 0. The molecule has 470 valence electrons. The average Bonchev–Trinajstić information content (AvgIpc) is 3.48. The zero-order valence-corrected chi connectivity index (χ0v) is 54.0. The number of hydrogen-bond donors (Lipinski definition) is 0. The molecule has 1 unspecified atom stereocenters. The van der Waals surface area contributed by atoms with Crippen LogP contribution in [0.25, 0.3) is 0 Å². The van der Waals surface area contributed by atoms with Crippen LogP contribution in [0.5, 0.6) is 0 Å². The van der Waals surface area contributed by atoms with E-state index in [1.807, 2.05) is 0 Å². The Kier molecular flexibility index (Phi) is 66.2. The predicted molar refractivity (Wildman–Crippen MR) is 357 cm³/mol. The molecule has 0 heterocycles. The Morgan fingerprint density at radius 2 is 0.476 bits per heavy atom. The van der Waals surface area contributed by atoms with Crippen molar-refractivity contribution < 1.29 is 28.6 Å². The lowest BCUT2D eigenvalue weighted by Crippen LogP contribution is -2.30. The van der Waals surface area contributed by atoms with Crippen molar-refractivity contribution >= 4 is 17.9 Å². The maximum atomic E-state index is 12.9. The highest BCUT2D eigenvalue weighted by atomic mass is 16.6. The van der Waals surface area contributed by atoms with Crippen molar-refractivity contribution in [2.75, 3.05) is 13.2 Å². The summed E-state index contributed by atoms with van der Waals surface area (Å²) < 4.78 is 16.9. The van der Waals surface area contributed by atoms with Crippen molar-refractivity contribution in [1.82, 2.24) is 0 Å². The van der Waals surface area contributed by atoms with Crippen LogP contribution in [0.15, 0.2) is 109 Å². The molecule has 6 heteroatoms. The van der Waals surface area contributed by atoms with E-state index in [2.05, 4.69) is 130 Å². The van der Waals surface area contributed by atoms with Gasteiger partial charge in [-0.2, -0.15) is 0 Å². The molecule has 0 fully saturated rings. The van der Waals surface area contributed by atoms with E-state index in [1.165, 1.54) is 186 Å². The van der Waals surface area contributed by atoms with Gasteiger partial charge in [-0.25, -0.2) is 0 Å². The van der Waals surface area contributed by atoms with E-state index in [4.69, 9.17) is 14.2 Å². The molecule has 0 aromatic carbocycles. The minimum Gasteiger partial charge on any atom is -0.462 e. The molecule has 82 heavy (non-hydrogen) atoms. The number of ether oxygens (including phenoxy) is 3. The largest absolute Gasteiger partial charge is 0.462 e. The zero-order valence-electron chi connectivity index (χ0n) is 54.0. The highest BCUT2D eigenvalue weighted by Gasteiger charge is 2.19. The monoisotopic (exact) mass is 1140 g/mol. The standard InChI is InChI=1S/C76H130O6/c1-4-7-10-13-16-19-21-23-25-27-29-31-33-35-37-38-39-41-42-44-46-48-50-52-54-57-60-63-66-69-75(78)81-72-73(71-80-74(77)68-65-62-59-56-18-15-12-9-6-3)82-76(79)70-67-64-61-58-55-53-51-49-47-45-43-40-36-34-32-30-28-26-24-22-20-17-14-11-8-5-2/h7,10,16,19,23,25,29,31,35,37,39,41,44,46,50,52,57,60,73H,4-6,8-9,11-15,17-18,20-22,24,26-28,30,32-34,36,38,40,42-43,45,47-49,51,53-56,58-59,61-72H2,1-3H3/b10-7-,19-16-,25-23-,31-29-,37-35-,41-39-,46-44-,52-50-,60-57-. The summed E-state index contributed by atoms with van der Waals surface area (Å²) in [6.45, 7) is 6.50. The van der Waals surface area contributed by atoms with Gasteiger partial charge in [0.2, 0.25) is 0 Å². The molecule has 0 rings (SSSR count). The summed E-state index contributed by atoms with van der Waals surface area (Å²) in [5.41, 5.74) is 0.